The van der Waals surface area contributed by atoms with Crippen LogP contribution in [0.2, 0.25) is 0 Å². The lowest BCUT2D eigenvalue weighted by molar-refractivity contribution is -0.116. The Bertz CT molecular complexity index is 804. The van der Waals surface area contributed by atoms with Crippen molar-refractivity contribution in [3.05, 3.63) is 53.1 Å². The quantitative estimate of drug-likeness (QED) is 0.721. The molecule has 0 heterocycles. The molecule has 0 radical (unpaired) electrons. The van der Waals surface area contributed by atoms with Crippen LogP contribution in [0.4, 0.5) is 0 Å². The van der Waals surface area contributed by atoms with Crippen molar-refractivity contribution in [1.29, 1.82) is 0 Å². The van der Waals surface area contributed by atoms with Crippen molar-refractivity contribution in [2.75, 3.05) is 28.4 Å². The third-order valence-corrected chi connectivity index (χ3v) is 3.99. The van der Waals surface area contributed by atoms with Crippen LogP contribution in [0.15, 0.2) is 36.4 Å². The molecule has 0 aromatic heterocycles. The summed E-state index contributed by atoms with van der Waals surface area (Å²) in [5, 5.41) is 2.84. The molecule has 0 spiro atoms. The van der Waals surface area contributed by atoms with E-state index in [1.54, 1.807) is 46.6 Å². The SMILES string of the molecule is COc1ccc(C)cc1/C=C/C(=O)NCc1cc(OC)c(OC)c(OC)c1. The number of benzene rings is 2. The molecule has 0 atom stereocenters. The Morgan fingerprint density at radius 1 is 0.926 bits per heavy atom. The smallest absolute Gasteiger partial charge is 0.244 e. The van der Waals surface area contributed by atoms with Crippen LogP contribution in [0.5, 0.6) is 23.0 Å². The van der Waals surface area contributed by atoms with Gasteiger partial charge in [-0.25, -0.2) is 0 Å². The number of ether oxygens (including phenoxy) is 4. The molecule has 2 aromatic carbocycles. The van der Waals surface area contributed by atoms with Gasteiger partial charge in [0.05, 0.1) is 28.4 Å². The van der Waals surface area contributed by atoms with Crippen molar-refractivity contribution in [3.8, 4) is 23.0 Å². The zero-order chi connectivity index (χ0) is 19.8. The van der Waals surface area contributed by atoms with E-state index in [-0.39, 0.29) is 5.91 Å². The Kier molecular flexibility index (Phi) is 7.11. The highest BCUT2D eigenvalue weighted by Crippen LogP contribution is 2.38. The molecule has 0 fully saturated rings. The zero-order valence-electron chi connectivity index (χ0n) is 16.3. The average molecular weight is 371 g/mol. The molecule has 144 valence electrons. The van der Waals surface area contributed by atoms with Gasteiger partial charge in [0.2, 0.25) is 11.7 Å². The first-order valence-corrected chi connectivity index (χ1v) is 8.41. The number of nitrogens with one attached hydrogen (secondary N) is 1. The molecule has 6 heteroatoms. The van der Waals surface area contributed by atoms with Crippen LogP contribution in [0.1, 0.15) is 16.7 Å². The number of hydrogen-bond donors (Lipinski definition) is 1. The van der Waals surface area contributed by atoms with Gasteiger partial charge in [0.15, 0.2) is 11.5 Å². The number of carbonyl (C=O) groups excluding carboxylic acids is 1. The highest BCUT2D eigenvalue weighted by atomic mass is 16.5. The second-order valence-electron chi connectivity index (χ2n) is 5.83. The van der Waals surface area contributed by atoms with Crippen LogP contribution < -0.4 is 24.3 Å². The van der Waals surface area contributed by atoms with Crippen molar-refractivity contribution in [2.24, 2.45) is 0 Å². The third-order valence-electron chi connectivity index (χ3n) is 3.99. The van der Waals surface area contributed by atoms with E-state index in [1.807, 2.05) is 25.1 Å². The number of methoxy groups -OCH3 is 4. The molecule has 0 aliphatic carbocycles. The highest BCUT2D eigenvalue weighted by molar-refractivity contribution is 5.92. The lowest BCUT2D eigenvalue weighted by atomic mass is 10.1. The molecule has 0 saturated carbocycles. The molecular formula is C21H25NO5. The van der Waals surface area contributed by atoms with Gasteiger partial charge in [-0.2, -0.15) is 0 Å². The number of rotatable bonds is 8. The number of carbonyl (C=O) groups is 1. The Morgan fingerprint density at radius 2 is 1.56 bits per heavy atom. The van der Waals surface area contributed by atoms with Gasteiger partial charge in [-0.1, -0.05) is 11.6 Å². The fourth-order valence-corrected chi connectivity index (χ4v) is 2.64. The van der Waals surface area contributed by atoms with E-state index in [1.165, 1.54) is 6.08 Å². The number of hydrogen-bond acceptors (Lipinski definition) is 5. The first-order valence-electron chi connectivity index (χ1n) is 8.41. The molecule has 1 amide bonds. The first-order chi connectivity index (χ1) is 13.0. The largest absolute Gasteiger partial charge is 0.496 e. The summed E-state index contributed by atoms with van der Waals surface area (Å²) in [6, 6.07) is 9.40. The Balaban J connectivity index is 2.09. The molecule has 27 heavy (non-hydrogen) atoms. The summed E-state index contributed by atoms with van der Waals surface area (Å²) in [6.07, 6.45) is 3.21. The van der Waals surface area contributed by atoms with E-state index in [9.17, 15) is 4.79 Å². The minimum Gasteiger partial charge on any atom is -0.496 e. The van der Waals surface area contributed by atoms with Crippen LogP contribution in [-0.2, 0) is 11.3 Å². The molecule has 1 N–H and O–H groups in total. The van der Waals surface area contributed by atoms with Gasteiger partial charge in [-0.15, -0.1) is 0 Å². The van der Waals surface area contributed by atoms with Gasteiger partial charge in [0, 0.05) is 18.2 Å². The summed E-state index contributed by atoms with van der Waals surface area (Å²) in [6.45, 7) is 2.31. The summed E-state index contributed by atoms with van der Waals surface area (Å²) in [7, 11) is 6.26. The van der Waals surface area contributed by atoms with Crippen LogP contribution in [0.25, 0.3) is 6.08 Å². The van der Waals surface area contributed by atoms with Crippen LogP contribution in [0.3, 0.4) is 0 Å². The summed E-state index contributed by atoms with van der Waals surface area (Å²) >= 11 is 0. The minimum absolute atomic E-state index is 0.215. The fraction of sp³-hybridized carbons (Fsp3) is 0.286. The lowest BCUT2D eigenvalue weighted by Crippen LogP contribution is -2.20. The summed E-state index contributed by atoms with van der Waals surface area (Å²) in [5.41, 5.74) is 2.77. The molecule has 2 aromatic rings. The minimum atomic E-state index is -0.215. The van der Waals surface area contributed by atoms with Gasteiger partial charge in [-0.3, -0.25) is 4.79 Å². The first kappa shape index (κ1) is 20.2. The van der Waals surface area contributed by atoms with Crippen LogP contribution in [-0.4, -0.2) is 34.3 Å². The molecule has 0 aliphatic rings. The van der Waals surface area contributed by atoms with E-state index in [4.69, 9.17) is 18.9 Å². The molecule has 6 nitrogen and oxygen atoms in total. The summed E-state index contributed by atoms with van der Waals surface area (Å²) in [4.78, 5) is 12.2. The molecule has 0 unspecified atom stereocenters. The van der Waals surface area contributed by atoms with Gasteiger partial charge in [0.1, 0.15) is 5.75 Å². The van der Waals surface area contributed by atoms with Crippen molar-refractivity contribution in [2.45, 2.75) is 13.5 Å². The zero-order valence-corrected chi connectivity index (χ0v) is 16.3. The van der Waals surface area contributed by atoms with Crippen molar-refractivity contribution in [3.63, 3.8) is 0 Å². The second kappa shape index (κ2) is 9.52. The average Bonchev–Trinajstić information content (AvgIpc) is 2.69. The normalized spacial score (nSPS) is 10.6. The molecule has 0 aliphatic heterocycles. The van der Waals surface area contributed by atoms with Crippen molar-refractivity contribution in [1.82, 2.24) is 5.32 Å². The summed E-state index contributed by atoms with van der Waals surface area (Å²) < 4.78 is 21.3. The topological polar surface area (TPSA) is 66.0 Å². The molecule has 0 saturated heterocycles. The fourth-order valence-electron chi connectivity index (χ4n) is 2.64. The predicted molar refractivity (Wildman–Crippen MR) is 105 cm³/mol. The number of aryl methyl sites for hydroxylation is 1. The maximum Gasteiger partial charge on any atom is 0.244 e. The van der Waals surface area contributed by atoms with E-state index >= 15 is 0 Å². The van der Waals surface area contributed by atoms with Gasteiger partial charge < -0.3 is 24.3 Å². The molecule has 0 bridgehead atoms. The lowest BCUT2D eigenvalue weighted by Gasteiger charge is -2.14. The second-order valence-corrected chi connectivity index (χ2v) is 5.83. The van der Waals surface area contributed by atoms with E-state index in [0.29, 0.717) is 29.5 Å². The number of amides is 1. The molecular weight excluding hydrogens is 346 g/mol. The Morgan fingerprint density at radius 3 is 2.11 bits per heavy atom. The monoisotopic (exact) mass is 371 g/mol. The van der Waals surface area contributed by atoms with Gasteiger partial charge >= 0.3 is 0 Å². The van der Waals surface area contributed by atoms with Gasteiger partial charge in [0.25, 0.3) is 0 Å². The Hall–Kier alpha value is -3.15. The predicted octanol–water partition coefficient (Wildman–Crippen LogP) is 3.36. The maximum atomic E-state index is 12.2. The maximum absolute atomic E-state index is 12.2. The van der Waals surface area contributed by atoms with Crippen molar-refractivity contribution < 1.29 is 23.7 Å². The third kappa shape index (κ3) is 5.17. The van der Waals surface area contributed by atoms with Crippen LogP contribution in [0, 0.1) is 6.92 Å². The Labute approximate surface area is 159 Å². The van der Waals surface area contributed by atoms with Crippen molar-refractivity contribution >= 4 is 12.0 Å². The van der Waals surface area contributed by atoms with Crippen LogP contribution >= 0.6 is 0 Å². The standard InChI is InChI=1S/C21H25NO5/c1-14-6-8-17(24-2)16(10-14)7-9-20(23)22-13-15-11-18(25-3)21(27-5)19(12-15)26-4/h6-12H,13H2,1-5H3,(H,22,23)/b9-7+. The van der Waals surface area contributed by atoms with E-state index in [0.717, 1.165) is 16.7 Å². The summed E-state index contributed by atoms with van der Waals surface area (Å²) in [5.74, 6) is 2.10. The van der Waals surface area contributed by atoms with E-state index in [2.05, 4.69) is 5.32 Å². The van der Waals surface area contributed by atoms with E-state index < -0.39 is 0 Å². The highest BCUT2D eigenvalue weighted by Gasteiger charge is 2.13. The van der Waals surface area contributed by atoms with Gasteiger partial charge in [-0.05, 0) is 42.8 Å². The molecule has 2 rings (SSSR count).